The van der Waals surface area contributed by atoms with Gasteiger partial charge in [-0.2, -0.15) is 0 Å². The van der Waals surface area contributed by atoms with E-state index in [0.717, 1.165) is 25.9 Å². The van der Waals surface area contributed by atoms with Gasteiger partial charge in [0.05, 0.1) is 19.2 Å². The summed E-state index contributed by atoms with van der Waals surface area (Å²) in [5.74, 6) is 2.68. The molecule has 1 saturated heterocycles. The molecular formula is C12H19NO2. The number of carbonyl (C=O) groups is 1. The fourth-order valence-electron chi connectivity index (χ4n) is 1.76. The van der Waals surface area contributed by atoms with Crippen LogP contribution in [0.1, 0.15) is 32.1 Å². The second-order valence-electron chi connectivity index (χ2n) is 3.87. The molecule has 15 heavy (non-hydrogen) atoms. The summed E-state index contributed by atoms with van der Waals surface area (Å²) in [5.41, 5.74) is 0. The lowest BCUT2D eigenvalue weighted by molar-refractivity contribution is -0.118. The van der Waals surface area contributed by atoms with Crippen LogP contribution in [0, 0.1) is 12.3 Å². The van der Waals surface area contributed by atoms with E-state index in [-0.39, 0.29) is 5.78 Å². The highest BCUT2D eigenvalue weighted by Gasteiger charge is 2.15. The molecule has 0 spiro atoms. The van der Waals surface area contributed by atoms with Crippen molar-refractivity contribution in [3.05, 3.63) is 0 Å². The summed E-state index contributed by atoms with van der Waals surface area (Å²) in [6.07, 6.45) is 10.4. The molecule has 1 heterocycles. The van der Waals surface area contributed by atoms with E-state index in [1.165, 1.54) is 6.42 Å². The van der Waals surface area contributed by atoms with Crippen molar-refractivity contribution in [2.75, 3.05) is 19.7 Å². The highest BCUT2D eigenvalue weighted by molar-refractivity contribution is 5.80. The molecule has 0 aliphatic carbocycles. The van der Waals surface area contributed by atoms with Crippen LogP contribution in [0.4, 0.5) is 0 Å². The number of rotatable bonds is 7. The Labute approximate surface area is 91.6 Å². The Hall–Kier alpha value is -0.850. The molecule has 1 N–H and O–H groups in total. The molecule has 0 bridgehead atoms. The number of hydrogen-bond donors (Lipinski definition) is 1. The Bertz CT molecular complexity index is 226. The first-order valence-electron chi connectivity index (χ1n) is 5.60. The molecule has 1 aliphatic rings. The zero-order valence-electron chi connectivity index (χ0n) is 9.13. The average Bonchev–Trinajstić information content (AvgIpc) is 2.71. The first-order chi connectivity index (χ1) is 7.33. The van der Waals surface area contributed by atoms with E-state index in [4.69, 9.17) is 11.2 Å². The van der Waals surface area contributed by atoms with Crippen molar-refractivity contribution in [2.45, 2.75) is 38.2 Å². The summed E-state index contributed by atoms with van der Waals surface area (Å²) < 4.78 is 5.48. The number of Topliss-reactive ketones (excluding diaryl/α,β-unsaturated/α-hetero) is 1. The lowest BCUT2D eigenvalue weighted by Crippen LogP contribution is -2.23. The maximum atomic E-state index is 11.3. The van der Waals surface area contributed by atoms with Crippen molar-refractivity contribution >= 4 is 5.78 Å². The minimum Gasteiger partial charge on any atom is -0.378 e. The second-order valence-corrected chi connectivity index (χ2v) is 3.87. The predicted octanol–water partition coefficient (Wildman–Crippen LogP) is 1.13. The van der Waals surface area contributed by atoms with Gasteiger partial charge in [-0.3, -0.25) is 10.1 Å². The molecule has 0 aromatic rings. The summed E-state index contributed by atoms with van der Waals surface area (Å²) >= 11 is 0. The van der Waals surface area contributed by atoms with Gasteiger partial charge in [-0.05, 0) is 25.7 Å². The van der Waals surface area contributed by atoms with Crippen LogP contribution in [-0.4, -0.2) is 31.6 Å². The number of ether oxygens (including phenoxy) is 1. The van der Waals surface area contributed by atoms with Crippen molar-refractivity contribution in [3.63, 3.8) is 0 Å². The van der Waals surface area contributed by atoms with Crippen LogP contribution < -0.4 is 5.32 Å². The van der Waals surface area contributed by atoms with E-state index in [9.17, 15) is 4.79 Å². The van der Waals surface area contributed by atoms with Gasteiger partial charge in [0, 0.05) is 13.0 Å². The maximum absolute atomic E-state index is 11.3. The molecule has 3 nitrogen and oxygen atoms in total. The summed E-state index contributed by atoms with van der Waals surface area (Å²) in [7, 11) is 0. The molecule has 0 aromatic carbocycles. The first-order valence-corrected chi connectivity index (χ1v) is 5.60. The van der Waals surface area contributed by atoms with E-state index in [1.807, 2.05) is 0 Å². The van der Waals surface area contributed by atoms with Crippen LogP contribution in [0.3, 0.4) is 0 Å². The fourth-order valence-corrected chi connectivity index (χ4v) is 1.76. The smallest absolute Gasteiger partial charge is 0.146 e. The molecule has 1 atom stereocenters. The van der Waals surface area contributed by atoms with Crippen LogP contribution in [0.2, 0.25) is 0 Å². The number of ketones is 1. The van der Waals surface area contributed by atoms with Gasteiger partial charge >= 0.3 is 0 Å². The van der Waals surface area contributed by atoms with Gasteiger partial charge in [0.2, 0.25) is 0 Å². The Morgan fingerprint density at radius 2 is 2.47 bits per heavy atom. The lowest BCUT2D eigenvalue weighted by Gasteiger charge is -2.07. The van der Waals surface area contributed by atoms with Gasteiger partial charge < -0.3 is 4.74 Å². The van der Waals surface area contributed by atoms with E-state index >= 15 is 0 Å². The Balaban J connectivity index is 1.94. The zero-order chi connectivity index (χ0) is 10.9. The molecule has 0 amide bonds. The minimum absolute atomic E-state index is 0.239. The quantitative estimate of drug-likeness (QED) is 0.504. The Kier molecular flexibility index (Phi) is 6.06. The van der Waals surface area contributed by atoms with Crippen LogP contribution >= 0.6 is 0 Å². The number of nitrogens with one attached hydrogen (secondary N) is 1. The molecule has 0 saturated carbocycles. The zero-order valence-corrected chi connectivity index (χ0v) is 9.13. The monoisotopic (exact) mass is 209 g/mol. The van der Waals surface area contributed by atoms with Gasteiger partial charge in [0.25, 0.3) is 0 Å². The van der Waals surface area contributed by atoms with E-state index in [1.54, 1.807) is 0 Å². The molecule has 1 rings (SSSR count). The van der Waals surface area contributed by atoms with Crippen molar-refractivity contribution < 1.29 is 9.53 Å². The number of terminal acetylenes is 1. The third kappa shape index (κ3) is 5.56. The topological polar surface area (TPSA) is 38.3 Å². The highest BCUT2D eigenvalue weighted by atomic mass is 16.5. The van der Waals surface area contributed by atoms with E-state index < -0.39 is 0 Å². The van der Waals surface area contributed by atoms with E-state index in [0.29, 0.717) is 25.6 Å². The average molecular weight is 209 g/mol. The second kappa shape index (κ2) is 7.44. The van der Waals surface area contributed by atoms with Crippen molar-refractivity contribution in [3.8, 4) is 12.3 Å². The van der Waals surface area contributed by atoms with Crippen LogP contribution in [0.15, 0.2) is 0 Å². The third-order valence-electron chi connectivity index (χ3n) is 2.55. The van der Waals surface area contributed by atoms with Crippen molar-refractivity contribution in [1.82, 2.24) is 5.32 Å². The number of carbonyl (C=O) groups excluding carboxylic acids is 1. The largest absolute Gasteiger partial charge is 0.378 e. The van der Waals surface area contributed by atoms with Crippen LogP contribution in [0.25, 0.3) is 0 Å². The summed E-state index contributed by atoms with van der Waals surface area (Å²) in [5, 5.41) is 2.90. The summed E-state index contributed by atoms with van der Waals surface area (Å²) in [6, 6.07) is 0. The van der Waals surface area contributed by atoms with Crippen molar-refractivity contribution in [1.29, 1.82) is 0 Å². The van der Waals surface area contributed by atoms with Crippen LogP contribution in [0.5, 0.6) is 0 Å². The van der Waals surface area contributed by atoms with Gasteiger partial charge in [0.15, 0.2) is 0 Å². The van der Waals surface area contributed by atoms with E-state index in [2.05, 4.69) is 11.2 Å². The molecule has 0 aromatic heterocycles. The summed E-state index contributed by atoms with van der Waals surface area (Å²) in [4.78, 5) is 11.3. The molecule has 0 radical (unpaired) electrons. The fraction of sp³-hybridized carbons (Fsp3) is 0.750. The normalized spacial score (nSPS) is 20.1. The molecule has 84 valence electrons. The molecule has 1 unspecified atom stereocenters. The molecule has 3 heteroatoms. The standard InChI is InChI=1S/C12H19NO2/c1-2-8-13-10-11(14)5-3-6-12-7-4-9-15-12/h1,12-13H,3-10H2. The van der Waals surface area contributed by atoms with Gasteiger partial charge in [-0.1, -0.05) is 5.92 Å². The third-order valence-corrected chi connectivity index (χ3v) is 2.55. The minimum atomic E-state index is 0.239. The maximum Gasteiger partial charge on any atom is 0.146 e. The lowest BCUT2D eigenvalue weighted by atomic mass is 10.1. The first kappa shape index (κ1) is 12.2. The predicted molar refractivity (Wildman–Crippen MR) is 59.5 cm³/mol. The Morgan fingerprint density at radius 3 is 3.13 bits per heavy atom. The van der Waals surface area contributed by atoms with Crippen LogP contribution in [-0.2, 0) is 9.53 Å². The molecular weight excluding hydrogens is 190 g/mol. The molecule has 1 fully saturated rings. The van der Waals surface area contributed by atoms with Gasteiger partial charge in [0.1, 0.15) is 5.78 Å². The van der Waals surface area contributed by atoms with Crippen molar-refractivity contribution in [2.24, 2.45) is 0 Å². The highest BCUT2D eigenvalue weighted by Crippen LogP contribution is 2.17. The molecule has 1 aliphatic heterocycles. The summed E-state index contributed by atoms with van der Waals surface area (Å²) in [6.45, 7) is 1.76. The SMILES string of the molecule is C#CCNCC(=O)CCCC1CCCO1. The van der Waals surface area contributed by atoms with Gasteiger partial charge in [-0.15, -0.1) is 6.42 Å². The number of hydrogen-bond acceptors (Lipinski definition) is 3. The van der Waals surface area contributed by atoms with Gasteiger partial charge in [-0.25, -0.2) is 0 Å². The Morgan fingerprint density at radius 1 is 1.60 bits per heavy atom.